The molecule has 0 spiro atoms. The minimum atomic E-state index is -0.153. The maximum atomic E-state index is 11.8. The zero-order chi connectivity index (χ0) is 12.3. The maximum Gasteiger partial charge on any atom is 0.272 e. The SMILES string of the molecule is COc1ccc(NC(=O)c2ccc[nH]2)cc1C. The van der Waals surface area contributed by atoms with E-state index in [0.717, 1.165) is 17.0 Å². The molecule has 17 heavy (non-hydrogen) atoms. The molecule has 1 heterocycles. The largest absolute Gasteiger partial charge is 0.496 e. The van der Waals surface area contributed by atoms with Crippen molar-refractivity contribution in [2.24, 2.45) is 0 Å². The van der Waals surface area contributed by atoms with Crippen LogP contribution >= 0.6 is 0 Å². The molecule has 0 saturated heterocycles. The second kappa shape index (κ2) is 4.74. The van der Waals surface area contributed by atoms with Gasteiger partial charge in [0.25, 0.3) is 5.91 Å². The maximum absolute atomic E-state index is 11.8. The lowest BCUT2D eigenvalue weighted by atomic mass is 10.2. The predicted octanol–water partition coefficient (Wildman–Crippen LogP) is 2.58. The minimum absolute atomic E-state index is 0.153. The summed E-state index contributed by atoms with van der Waals surface area (Å²) in [6.07, 6.45) is 1.72. The van der Waals surface area contributed by atoms with Crippen LogP contribution in [0.25, 0.3) is 0 Å². The highest BCUT2D eigenvalue weighted by atomic mass is 16.5. The fourth-order valence-electron chi connectivity index (χ4n) is 1.63. The van der Waals surface area contributed by atoms with Crippen molar-refractivity contribution in [1.29, 1.82) is 0 Å². The van der Waals surface area contributed by atoms with Crippen molar-refractivity contribution in [3.05, 3.63) is 47.8 Å². The van der Waals surface area contributed by atoms with Crippen LogP contribution in [0.2, 0.25) is 0 Å². The number of hydrogen-bond acceptors (Lipinski definition) is 2. The van der Waals surface area contributed by atoms with Crippen molar-refractivity contribution in [3.63, 3.8) is 0 Å². The molecule has 1 amide bonds. The van der Waals surface area contributed by atoms with Gasteiger partial charge in [0.15, 0.2) is 0 Å². The lowest BCUT2D eigenvalue weighted by Crippen LogP contribution is -2.12. The number of carbonyl (C=O) groups is 1. The van der Waals surface area contributed by atoms with E-state index in [0.29, 0.717) is 5.69 Å². The summed E-state index contributed by atoms with van der Waals surface area (Å²) in [4.78, 5) is 14.6. The zero-order valence-corrected chi connectivity index (χ0v) is 9.78. The van der Waals surface area contributed by atoms with E-state index >= 15 is 0 Å². The summed E-state index contributed by atoms with van der Waals surface area (Å²) in [6.45, 7) is 1.93. The van der Waals surface area contributed by atoms with Crippen LogP contribution < -0.4 is 10.1 Å². The molecule has 1 aromatic carbocycles. The Bertz CT molecular complexity index is 518. The lowest BCUT2D eigenvalue weighted by molar-refractivity contribution is 0.102. The third kappa shape index (κ3) is 2.47. The van der Waals surface area contributed by atoms with Crippen LogP contribution in [0, 0.1) is 6.92 Å². The molecule has 88 valence electrons. The first-order chi connectivity index (χ1) is 8.20. The average molecular weight is 230 g/mol. The molecule has 4 nitrogen and oxygen atoms in total. The number of rotatable bonds is 3. The van der Waals surface area contributed by atoms with Crippen molar-refractivity contribution in [2.45, 2.75) is 6.92 Å². The Kier molecular flexibility index (Phi) is 3.14. The Balaban J connectivity index is 2.14. The number of aryl methyl sites for hydroxylation is 1. The highest BCUT2D eigenvalue weighted by Gasteiger charge is 2.07. The van der Waals surface area contributed by atoms with Gasteiger partial charge in [-0.3, -0.25) is 4.79 Å². The minimum Gasteiger partial charge on any atom is -0.496 e. The molecule has 2 aromatic rings. The van der Waals surface area contributed by atoms with Crippen molar-refractivity contribution in [2.75, 3.05) is 12.4 Å². The molecule has 0 aliphatic carbocycles. The van der Waals surface area contributed by atoms with Crippen molar-refractivity contribution >= 4 is 11.6 Å². The van der Waals surface area contributed by atoms with E-state index in [4.69, 9.17) is 4.74 Å². The van der Waals surface area contributed by atoms with Crippen molar-refractivity contribution in [1.82, 2.24) is 4.98 Å². The van der Waals surface area contributed by atoms with Gasteiger partial charge in [0.1, 0.15) is 11.4 Å². The highest BCUT2D eigenvalue weighted by Crippen LogP contribution is 2.21. The molecular formula is C13H14N2O2. The Morgan fingerprint density at radius 2 is 2.18 bits per heavy atom. The van der Waals surface area contributed by atoms with E-state index in [1.54, 1.807) is 25.4 Å². The summed E-state index contributed by atoms with van der Waals surface area (Å²) in [5.74, 6) is 0.655. The summed E-state index contributed by atoms with van der Waals surface area (Å²) in [7, 11) is 1.62. The second-order valence-corrected chi connectivity index (χ2v) is 3.72. The van der Waals surface area contributed by atoms with E-state index in [9.17, 15) is 4.79 Å². The molecule has 1 aromatic heterocycles. The number of aromatic amines is 1. The first-order valence-electron chi connectivity index (χ1n) is 5.30. The number of amides is 1. The van der Waals surface area contributed by atoms with E-state index in [1.165, 1.54) is 0 Å². The van der Waals surface area contributed by atoms with Crippen molar-refractivity contribution < 1.29 is 9.53 Å². The van der Waals surface area contributed by atoms with Gasteiger partial charge in [0.2, 0.25) is 0 Å². The number of nitrogens with one attached hydrogen (secondary N) is 2. The van der Waals surface area contributed by atoms with Crippen LogP contribution in [-0.2, 0) is 0 Å². The molecule has 0 bridgehead atoms. The quantitative estimate of drug-likeness (QED) is 0.851. The molecule has 0 radical (unpaired) electrons. The number of aromatic nitrogens is 1. The average Bonchev–Trinajstić information content (AvgIpc) is 2.82. The predicted molar refractivity (Wildman–Crippen MR) is 66.5 cm³/mol. The van der Waals surface area contributed by atoms with Gasteiger partial charge in [-0.2, -0.15) is 0 Å². The topological polar surface area (TPSA) is 54.1 Å². The third-order valence-corrected chi connectivity index (χ3v) is 2.50. The number of benzene rings is 1. The van der Waals surface area contributed by atoms with Gasteiger partial charge >= 0.3 is 0 Å². The normalized spacial score (nSPS) is 10.0. The summed E-state index contributed by atoms with van der Waals surface area (Å²) < 4.78 is 5.16. The molecular weight excluding hydrogens is 216 g/mol. The zero-order valence-electron chi connectivity index (χ0n) is 9.78. The van der Waals surface area contributed by atoms with Gasteiger partial charge in [-0.15, -0.1) is 0 Å². The fraction of sp³-hybridized carbons (Fsp3) is 0.154. The Morgan fingerprint density at radius 1 is 1.35 bits per heavy atom. The van der Waals surface area contributed by atoms with Crippen LogP contribution in [0.4, 0.5) is 5.69 Å². The second-order valence-electron chi connectivity index (χ2n) is 3.72. The Labute approximate surface area is 99.6 Å². The van der Waals surface area contributed by atoms with Gasteiger partial charge in [-0.1, -0.05) is 0 Å². The number of methoxy groups -OCH3 is 1. The molecule has 0 saturated carbocycles. The van der Waals surface area contributed by atoms with Gasteiger partial charge < -0.3 is 15.0 Å². The summed E-state index contributed by atoms with van der Waals surface area (Å²) in [6, 6.07) is 9.03. The summed E-state index contributed by atoms with van der Waals surface area (Å²) in [5, 5.41) is 2.81. The molecule has 0 fully saturated rings. The molecule has 2 N–H and O–H groups in total. The molecule has 0 atom stereocenters. The number of H-pyrrole nitrogens is 1. The van der Waals surface area contributed by atoms with Gasteiger partial charge in [0.05, 0.1) is 7.11 Å². The highest BCUT2D eigenvalue weighted by molar-refractivity contribution is 6.02. The number of ether oxygens (including phenoxy) is 1. The van der Waals surface area contributed by atoms with Gasteiger partial charge in [-0.05, 0) is 42.8 Å². The van der Waals surface area contributed by atoms with Crippen LogP contribution in [0.15, 0.2) is 36.5 Å². The first-order valence-corrected chi connectivity index (χ1v) is 5.30. The van der Waals surface area contributed by atoms with E-state index in [1.807, 2.05) is 25.1 Å². The molecule has 4 heteroatoms. The van der Waals surface area contributed by atoms with Gasteiger partial charge in [-0.25, -0.2) is 0 Å². The van der Waals surface area contributed by atoms with Crippen LogP contribution in [0.3, 0.4) is 0 Å². The van der Waals surface area contributed by atoms with Crippen LogP contribution in [0.5, 0.6) is 5.75 Å². The van der Waals surface area contributed by atoms with Crippen molar-refractivity contribution in [3.8, 4) is 5.75 Å². The number of anilines is 1. The fourth-order valence-corrected chi connectivity index (χ4v) is 1.63. The van der Waals surface area contributed by atoms with Crippen LogP contribution in [-0.4, -0.2) is 18.0 Å². The summed E-state index contributed by atoms with van der Waals surface area (Å²) in [5.41, 5.74) is 2.28. The molecule has 0 aliphatic rings. The molecule has 2 rings (SSSR count). The standard InChI is InChI=1S/C13H14N2O2/c1-9-8-10(5-6-12(9)17-2)15-13(16)11-4-3-7-14-11/h3-8,14H,1-2H3,(H,15,16). The third-order valence-electron chi connectivity index (χ3n) is 2.50. The summed E-state index contributed by atoms with van der Waals surface area (Å²) >= 11 is 0. The lowest BCUT2D eigenvalue weighted by Gasteiger charge is -2.08. The number of carbonyl (C=O) groups excluding carboxylic acids is 1. The Hall–Kier alpha value is -2.23. The number of hydrogen-bond donors (Lipinski definition) is 2. The van der Waals surface area contributed by atoms with E-state index < -0.39 is 0 Å². The van der Waals surface area contributed by atoms with E-state index in [2.05, 4.69) is 10.3 Å². The molecule has 0 aliphatic heterocycles. The molecule has 0 unspecified atom stereocenters. The van der Waals surface area contributed by atoms with E-state index in [-0.39, 0.29) is 5.91 Å². The van der Waals surface area contributed by atoms with Crippen LogP contribution in [0.1, 0.15) is 16.1 Å². The smallest absolute Gasteiger partial charge is 0.272 e. The first kappa shape index (κ1) is 11.3. The monoisotopic (exact) mass is 230 g/mol. The Morgan fingerprint density at radius 3 is 2.76 bits per heavy atom. The van der Waals surface area contributed by atoms with Gasteiger partial charge in [0, 0.05) is 11.9 Å².